The highest BCUT2D eigenvalue weighted by Gasteiger charge is 2.38. The second kappa shape index (κ2) is 6.77. The Hall–Kier alpha value is -1.11. The topological polar surface area (TPSA) is 67.6 Å². The lowest BCUT2D eigenvalue weighted by Crippen LogP contribution is -2.48. The van der Waals surface area contributed by atoms with Gasteiger partial charge in [0.05, 0.1) is 12.7 Å². The second-order valence-corrected chi connectivity index (χ2v) is 6.01. The molecule has 1 N–H and O–H groups in total. The number of hydrogen-bond acceptors (Lipinski definition) is 5. The molecule has 1 amide bonds. The summed E-state index contributed by atoms with van der Waals surface area (Å²) >= 11 is 0. The number of hydrogen-bond donors (Lipinski definition) is 1. The standard InChI is InChI=1S/C14H21N3O3.ClH/c1-9(2)13-7-17-6-10(5-11(17)8-19-13)15-14(18)12-3-4-20-16-12;/h3-4,9-11,13H,5-8H2,1-2H3,(H,15,18);1H/t10-,11-,13+;/m0./s1. The minimum atomic E-state index is -0.162. The highest BCUT2D eigenvalue weighted by Crippen LogP contribution is 2.25. The Bertz CT molecular complexity index is 466. The van der Waals surface area contributed by atoms with Gasteiger partial charge in [0.25, 0.3) is 5.91 Å². The third kappa shape index (κ3) is 3.56. The van der Waals surface area contributed by atoms with Crippen molar-refractivity contribution < 1.29 is 14.1 Å². The molecule has 3 heterocycles. The highest BCUT2D eigenvalue weighted by atomic mass is 35.5. The summed E-state index contributed by atoms with van der Waals surface area (Å²) in [6, 6.07) is 2.17. The molecule has 1 aromatic heterocycles. The highest BCUT2D eigenvalue weighted by molar-refractivity contribution is 5.92. The Morgan fingerprint density at radius 2 is 2.29 bits per heavy atom. The van der Waals surface area contributed by atoms with Gasteiger partial charge in [0.1, 0.15) is 6.26 Å². The van der Waals surface area contributed by atoms with Crippen molar-refractivity contribution in [3.63, 3.8) is 0 Å². The zero-order valence-corrected chi connectivity index (χ0v) is 13.1. The molecule has 0 spiro atoms. The van der Waals surface area contributed by atoms with Gasteiger partial charge in [0, 0.05) is 31.2 Å². The molecule has 118 valence electrons. The number of ether oxygens (including phenoxy) is 1. The smallest absolute Gasteiger partial charge is 0.273 e. The summed E-state index contributed by atoms with van der Waals surface area (Å²) in [5.74, 6) is 0.365. The van der Waals surface area contributed by atoms with E-state index in [9.17, 15) is 4.79 Å². The first-order valence-electron chi connectivity index (χ1n) is 7.20. The number of rotatable bonds is 3. The van der Waals surface area contributed by atoms with Crippen molar-refractivity contribution in [1.29, 1.82) is 0 Å². The van der Waals surface area contributed by atoms with E-state index in [-0.39, 0.29) is 24.4 Å². The van der Waals surface area contributed by atoms with E-state index >= 15 is 0 Å². The maximum atomic E-state index is 12.0. The van der Waals surface area contributed by atoms with Gasteiger partial charge in [-0.2, -0.15) is 0 Å². The molecule has 1 aromatic rings. The van der Waals surface area contributed by atoms with E-state index in [1.54, 1.807) is 6.07 Å². The van der Waals surface area contributed by atoms with E-state index in [1.807, 2.05) is 0 Å². The van der Waals surface area contributed by atoms with E-state index in [4.69, 9.17) is 9.26 Å². The minimum Gasteiger partial charge on any atom is -0.375 e. The van der Waals surface area contributed by atoms with Crippen LogP contribution in [0.25, 0.3) is 0 Å². The lowest BCUT2D eigenvalue weighted by Gasteiger charge is -2.36. The molecule has 2 saturated heterocycles. The molecule has 0 unspecified atom stereocenters. The molecule has 0 radical (unpaired) electrons. The molecule has 6 nitrogen and oxygen atoms in total. The van der Waals surface area contributed by atoms with E-state index in [0.717, 1.165) is 26.1 Å². The molecule has 0 bridgehead atoms. The van der Waals surface area contributed by atoms with Crippen LogP contribution in [0.2, 0.25) is 0 Å². The molecule has 2 fully saturated rings. The van der Waals surface area contributed by atoms with Crippen molar-refractivity contribution >= 4 is 18.3 Å². The van der Waals surface area contributed by atoms with Crippen LogP contribution in [0, 0.1) is 5.92 Å². The van der Waals surface area contributed by atoms with Crippen LogP contribution < -0.4 is 5.32 Å². The first-order chi connectivity index (χ1) is 9.63. The predicted octanol–water partition coefficient (Wildman–Crippen LogP) is 1.32. The average Bonchev–Trinajstić information content (AvgIpc) is 3.06. The van der Waals surface area contributed by atoms with Crippen LogP contribution in [0.15, 0.2) is 16.9 Å². The van der Waals surface area contributed by atoms with Crippen LogP contribution in [0.4, 0.5) is 0 Å². The van der Waals surface area contributed by atoms with Gasteiger partial charge in [-0.3, -0.25) is 9.69 Å². The molecular weight excluding hydrogens is 294 g/mol. The summed E-state index contributed by atoms with van der Waals surface area (Å²) in [7, 11) is 0. The van der Waals surface area contributed by atoms with Crippen molar-refractivity contribution in [3.8, 4) is 0 Å². The number of carbonyl (C=O) groups is 1. The maximum absolute atomic E-state index is 12.0. The Kier molecular flexibility index (Phi) is 5.24. The van der Waals surface area contributed by atoms with E-state index < -0.39 is 0 Å². The lowest BCUT2D eigenvalue weighted by molar-refractivity contribution is -0.0683. The van der Waals surface area contributed by atoms with Crippen molar-refractivity contribution in [2.75, 3.05) is 19.7 Å². The van der Waals surface area contributed by atoms with Gasteiger partial charge < -0.3 is 14.6 Å². The molecule has 0 aromatic carbocycles. The first-order valence-corrected chi connectivity index (χ1v) is 7.20. The third-order valence-electron chi connectivity index (χ3n) is 4.19. The summed E-state index contributed by atoms with van der Waals surface area (Å²) in [4.78, 5) is 14.4. The van der Waals surface area contributed by atoms with Crippen molar-refractivity contribution in [3.05, 3.63) is 18.0 Å². The van der Waals surface area contributed by atoms with E-state index in [0.29, 0.717) is 23.8 Å². The molecule has 21 heavy (non-hydrogen) atoms. The largest absolute Gasteiger partial charge is 0.375 e. The SMILES string of the molecule is CC(C)[C@H]1CN2C[C@@H](NC(=O)c3ccon3)C[C@H]2CO1.Cl. The van der Waals surface area contributed by atoms with Crippen LogP contribution in [0.1, 0.15) is 30.8 Å². The number of nitrogens with one attached hydrogen (secondary N) is 1. The summed E-state index contributed by atoms with van der Waals surface area (Å²) in [6.45, 7) is 6.98. The summed E-state index contributed by atoms with van der Waals surface area (Å²) in [6.07, 6.45) is 2.65. The third-order valence-corrected chi connectivity index (χ3v) is 4.19. The molecule has 2 aliphatic heterocycles. The van der Waals surface area contributed by atoms with Gasteiger partial charge in [-0.15, -0.1) is 12.4 Å². The maximum Gasteiger partial charge on any atom is 0.273 e. The summed E-state index contributed by atoms with van der Waals surface area (Å²) in [5, 5.41) is 6.68. The molecule has 3 atom stereocenters. The number of fused-ring (bicyclic) bond motifs is 1. The molecule has 0 saturated carbocycles. The van der Waals surface area contributed by atoms with Gasteiger partial charge in [-0.1, -0.05) is 19.0 Å². The van der Waals surface area contributed by atoms with E-state index in [1.165, 1.54) is 6.26 Å². The lowest BCUT2D eigenvalue weighted by atomic mass is 10.0. The molecule has 7 heteroatoms. The normalized spacial score (nSPS) is 29.0. The number of morpholine rings is 1. The Morgan fingerprint density at radius 3 is 2.95 bits per heavy atom. The van der Waals surface area contributed by atoms with Crippen molar-refractivity contribution in [1.82, 2.24) is 15.4 Å². The van der Waals surface area contributed by atoms with Gasteiger partial charge in [-0.05, 0) is 12.3 Å². The van der Waals surface area contributed by atoms with Crippen LogP contribution in [-0.2, 0) is 4.74 Å². The first kappa shape index (κ1) is 16.3. The fraction of sp³-hybridized carbons (Fsp3) is 0.714. The van der Waals surface area contributed by atoms with Crippen molar-refractivity contribution in [2.24, 2.45) is 5.92 Å². The van der Waals surface area contributed by atoms with Crippen LogP contribution in [0.3, 0.4) is 0 Å². The number of carbonyl (C=O) groups excluding carboxylic acids is 1. The van der Waals surface area contributed by atoms with E-state index in [2.05, 4.69) is 29.2 Å². The quantitative estimate of drug-likeness (QED) is 0.911. The van der Waals surface area contributed by atoms with Gasteiger partial charge in [-0.25, -0.2) is 0 Å². The fourth-order valence-corrected chi connectivity index (χ4v) is 3.00. The minimum absolute atomic E-state index is 0. The fourth-order valence-electron chi connectivity index (χ4n) is 3.00. The van der Waals surface area contributed by atoms with Crippen LogP contribution in [0.5, 0.6) is 0 Å². The predicted molar refractivity (Wildman–Crippen MR) is 79.6 cm³/mol. The number of amides is 1. The van der Waals surface area contributed by atoms with Gasteiger partial charge >= 0.3 is 0 Å². The molecule has 2 aliphatic rings. The Balaban J connectivity index is 0.00000161. The average molecular weight is 316 g/mol. The Labute approximate surface area is 130 Å². The van der Waals surface area contributed by atoms with Gasteiger partial charge in [0.15, 0.2) is 5.69 Å². The monoisotopic (exact) mass is 315 g/mol. The van der Waals surface area contributed by atoms with Crippen LogP contribution in [-0.4, -0.2) is 53.8 Å². The van der Waals surface area contributed by atoms with Gasteiger partial charge in [0.2, 0.25) is 0 Å². The summed E-state index contributed by atoms with van der Waals surface area (Å²) < 4.78 is 10.6. The molecule has 3 rings (SSSR count). The number of aromatic nitrogens is 1. The number of nitrogens with zero attached hydrogens (tertiary/aromatic N) is 2. The molecular formula is C14H22ClN3O3. The zero-order chi connectivity index (χ0) is 14.1. The second-order valence-electron chi connectivity index (χ2n) is 6.01. The number of halogens is 1. The van der Waals surface area contributed by atoms with Crippen molar-refractivity contribution in [2.45, 2.75) is 38.5 Å². The van der Waals surface area contributed by atoms with Crippen LogP contribution >= 0.6 is 12.4 Å². The zero-order valence-electron chi connectivity index (χ0n) is 12.3. The summed E-state index contributed by atoms with van der Waals surface area (Å²) in [5.41, 5.74) is 0.339. The molecule has 0 aliphatic carbocycles. The Morgan fingerprint density at radius 1 is 1.48 bits per heavy atom.